The lowest BCUT2D eigenvalue weighted by Crippen LogP contribution is -2.55. The molecular weight excluding hydrogens is 352 g/mol. The fourth-order valence-corrected chi connectivity index (χ4v) is 3.03. The van der Waals surface area contributed by atoms with Crippen molar-refractivity contribution in [2.45, 2.75) is 64.1 Å². The highest BCUT2D eigenvalue weighted by atomic mass is 16.4. The normalized spacial score (nSPS) is 19.8. The fourth-order valence-electron chi connectivity index (χ4n) is 3.03. The second-order valence-electron chi connectivity index (χ2n) is 6.95. The maximum absolute atomic E-state index is 12.9. The molecule has 0 unspecified atom stereocenters. The lowest BCUT2D eigenvalue weighted by molar-refractivity contribution is -0.149. The predicted octanol–water partition coefficient (Wildman–Crippen LogP) is -1.03. The number of aliphatic carboxylic acids is 1. The smallest absolute Gasteiger partial charge is 0.326 e. The van der Waals surface area contributed by atoms with Crippen molar-refractivity contribution in [3.63, 3.8) is 0 Å². The number of carbonyl (C=O) groups is 3. The summed E-state index contributed by atoms with van der Waals surface area (Å²) in [7, 11) is 0. The van der Waals surface area contributed by atoms with E-state index in [1.54, 1.807) is 0 Å². The number of rotatable bonds is 10. The SMILES string of the molecule is CC[C@H](C)[C@H](N)C(=O)N[C@@H](CCCN=C(N)N)C(=O)N1CCC[C@H]1C(=O)O. The monoisotopic (exact) mass is 384 g/mol. The van der Waals surface area contributed by atoms with Gasteiger partial charge in [0.05, 0.1) is 6.04 Å². The van der Waals surface area contributed by atoms with E-state index in [9.17, 15) is 19.5 Å². The van der Waals surface area contributed by atoms with Crippen molar-refractivity contribution < 1.29 is 19.5 Å². The third kappa shape index (κ3) is 6.70. The molecule has 1 aliphatic rings. The van der Waals surface area contributed by atoms with Crippen molar-refractivity contribution in [2.24, 2.45) is 28.1 Å². The molecule has 0 aromatic heterocycles. The minimum Gasteiger partial charge on any atom is -0.480 e. The minimum atomic E-state index is -1.04. The van der Waals surface area contributed by atoms with Crippen LogP contribution in [0.1, 0.15) is 46.0 Å². The zero-order valence-corrected chi connectivity index (χ0v) is 16.1. The van der Waals surface area contributed by atoms with E-state index < -0.39 is 35.9 Å². The number of carboxylic acids is 1. The number of nitrogens with zero attached hydrogens (tertiary/aromatic N) is 2. The lowest BCUT2D eigenvalue weighted by Gasteiger charge is -2.28. The molecule has 1 rings (SSSR count). The van der Waals surface area contributed by atoms with E-state index in [-0.39, 0.29) is 18.3 Å². The van der Waals surface area contributed by atoms with Crippen LogP contribution in [0.2, 0.25) is 0 Å². The molecule has 10 heteroatoms. The Balaban J connectivity index is 2.86. The highest BCUT2D eigenvalue weighted by Crippen LogP contribution is 2.20. The third-order valence-corrected chi connectivity index (χ3v) is 4.94. The van der Waals surface area contributed by atoms with E-state index in [2.05, 4.69) is 10.3 Å². The summed E-state index contributed by atoms with van der Waals surface area (Å²) in [6.45, 7) is 4.45. The molecule has 8 N–H and O–H groups in total. The Morgan fingerprint density at radius 3 is 2.56 bits per heavy atom. The number of nitrogens with two attached hydrogens (primary N) is 3. The molecule has 1 saturated heterocycles. The predicted molar refractivity (Wildman–Crippen MR) is 102 cm³/mol. The van der Waals surface area contributed by atoms with E-state index in [1.165, 1.54) is 4.90 Å². The molecule has 0 radical (unpaired) electrons. The van der Waals surface area contributed by atoms with Crippen LogP contribution in [0.15, 0.2) is 4.99 Å². The summed E-state index contributed by atoms with van der Waals surface area (Å²) in [5, 5.41) is 12.0. The molecular formula is C17H32N6O4. The van der Waals surface area contributed by atoms with Gasteiger partial charge in [-0.3, -0.25) is 14.6 Å². The van der Waals surface area contributed by atoms with Crippen molar-refractivity contribution in [1.82, 2.24) is 10.2 Å². The van der Waals surface area contributed by atoms with Crippen LogP contribution in [0.5, 0.6) is 0 Å². The number of likely N-dealkylation sites (tertiary alicyclic amines) is 1. The number of amides is 2. The van der Waals surface area contributed by atoms with Gasteiger partial charge in [-0.25, -0.2) is 4.79 Å². The summed E-state index contributed by atoms with van der Waals surface area (Å²) in [6, 6.07) is -2.46. The molecule has 2 amide bonds. The molecule has 1 fully saturated rings. The van der Waals surface area contributed by atoms with Gasteiger partial charge in [-0.05, 0) is 31.6 Å². The first-order valence-electron chi connectivity index (χ1n) is 9.33. The number of aliphatic imine (C=N–C) groups is 1. The van der Waals surface area contributed by atoms with Gasteiger partial charge in [0, 0.05) is 13.1 Å². The van der Waals surface area contributed by atoms with Gasteiger partial charge < -0.3 is 32.5 Å². The Labute approximate surface area is 159 Å². The first kappa shape index (κ1) is 22.7. The summed E-state index contributed by atoms with van der Waals surface area (Å²) in [6.07, 6.45) is 2.49. The van der Waals surface area contributed by atoms with Crippen LogP contribution in [0.25, 0.3) is 0 Å². The van der Waals surface area contributed by atoms with Crippen LogP contribution >= 0.6 is 0 Å². The molecule has 0 spiro atoms. The van der Waals surface area contributed by atoms with Crippen LogP contribution < -0.4 is 22.5 Å². The second kappa shape index (κ2) is 10.7. The Bertz CT molecular complexity index is 564. The van der Waals surface area contributed by atoms with Crippen LogP contribution in [0.3, 0.4) is 0 Å². The topological polar surface area (TPSA) is 177 Å². The summed E-state index contributed by atoms with van der Waals surface area (Å²) >= 11 is 0. The van der Waals surface area contributed by atoms with E-state index in [0.717, 1.165) is 6.42 Å². The van der Waals surface area contributed by atoms with Gasteiger partial charge in [-0.1, -0.05) is 20.3 Å². The standard InChI is InChI=1S/C17H32N6O4/c1-3-10(2)13(18)14(24)22-11(6-4-8-21-17(19)20)15(25)23-9-5-7-12(23)16(26)27/h10-13H,3-9,18H2,1-2H3,(H,22,24)(H,26,27)(H4,19,20,21)/t10-,11-,12-,13-/m0/s1. The van der Waals surface area contributed by atoms with E-state index >= 15 is 0 Å². The quantitative estimate of drug-likeness (QED) is 0.182. The average Bonchev–Trinajstić information content (AvgIpc) is 3.11. The number of guanidine groups is 1. The van der Waals surface area contributed by atoms with Gasteiger partial charge >= 0.3 is 5.97 Å². The second-order valence-corrected chi connectivity index (χ2v) is 6.95. The third-order valence-electron chi connectivity index (χ3n) is 4.94. The van der Waals surface area contributed by atoms with Crippen molar-refractivity contribution in [3.05, 3.63) is 0 Å². The summed E-state index contributed by atoms with van der Waals surface area (Å²) < 4.78 is 0. The molecule has 1 aliphatic heterocycles. The van der Waals surface area contributed by atoms with Gasteiger partial charge in [0.15, 0.2) is 5.96 Å². The number of hydrogen-bond donors (Lipinski definition) is 5. The van der Waals surface area contributed by atoms with Crippen molar-refractivity contribution in [3.8, 4) is 0 Å². The molecule has 154 valence electrons. The van der Waals surface area contributed by atoms with Crippen molar-refractivity contribution >= 4 is 23.7 Å². The maximum Gasteiger partial charge on any atom is 0.326 e. The Hall–Kier alpha value is -2.36. The first-order chi connectivity index (χ1) is 12.7. The molecule has 10 nitrogen and oxygen atoms in total. The molecule has 0 saturated carbocycles. The number of nitrogens with one attached hydrogen (secondary N) is 1. The minimum absolute atomic E-state index is 0.0408. The van der Waals surface area contributed by atoms with Gasteiger partial charge in [-0.2, -0.15) is 0 Å². The molecule has 0 aliphatic carbocycles. The molecule has 4 atom stereocenters. The van der Waals surface area contributed by atoms with Crippen LogP contribution in [0, 0.1) is 5.92 Å². The average molecular weight is 384 g/mol. The van der Waals surface area contributed by atoms with E-state index in [0.29, 0.717) is 32.4 Å². The van der Waals surface area contributed by atoms with Crippen molar-refractivity contribution in [2.75, 3.05) is 13.1 Å². The summed E-state index contributed by atoms with van der Waals surface area (Å²) in [5.41, 5.74) is 16.5. The van der Waals surface area contributed by atoms with E-state index in [1.807, 2.05) is 13.8 Å². The van der Waals surface area contributed by atoms with Crippen LogP contribution in [-0.2, 0) is 14.4 Å². The first-order valence-corrected chi connectivity index (χ1v) is 9.33. The number of hydrogen-bond acceptors (Lipinski definition) is 5. The van der Waals surface area contributed by atoms with Gasteiger partial charge in [0.25, 0.3) is 0 Å². The number of carbonyl (C=O) groups excluding carboxylic acids is 2. The van der Waals surface area contributed by atoms with Gasteiger partial charge in [0.2, 0.25) is 11.8 Å². The maximum atomic E-state index is 12.9. The Morgan fingerprint density at radius 2 is 2.00 bits per heavy atom. The van der Waals surface area contributed by atoms with Crippen LogP contribution in [0.4, 0.5) is 0 Å². The molecule has 1 heterocycles. The zero-order chi connectivity index (χ0) is 20.6. The number of carboxylic acid groups (broad SMARTS) is 1. The lowest BCUT2D eigenvalue weighted by atomic mass is 9.98. The molecule has 0 aromatic carbocycles. The Morgan fingerprint density at radius 1 is 1.33 bits per heavy atom. The Kier molecular flexibility index (Phi) is 8.99. The summed E-state index contributed by atoms with van der Waals surface area (Å²) in [5.74, 6) is -1.96. The molecule has 0 aromatic rings. The fraction of sp³-hybridized carbons (Fsp3) is 0.765. The van der Waals surface area contributed by atoms with Gasteiger partial charge in [0.1, 0.15) is 12.1 Å². The largest absolute Gasteiger partial charge is 0.480 e. The highest BCUT2D eigenvalue weighted by Gasteiger charge is 2.38. The zero-order valence-electron chi connectivity index (χ0n) is 16.1. The van der Waals surface area contributed by atoms with Gasteiger partial charge in [-0.15, -0.1) is 0 Å². The molecule has 27 heavy (non-hydrogen) atoms. The van der Waals surface area contributed by atoms with Crippen molar-refractivity contribution in [1.29, 1.82) is 0 Å². The van der Waals surface area contributed by atoms with Crippen LogP contribution in [-0.4, -0.2) is 65.0 Å². The summed E-state index contributed by atoms with van der Waals surface area (Å²) in [4.78, 5) is 41.9. The highest BCUT2D eigenvalue weighted by molar-refractivity contribution is 5.92. The molecule has 0 bridgehead atoms. The van der Waals surface area contributed by atoms with E-state index in [4.69, 9.17) is 17.2 Å².